The molecule has 1 unspecified atom stereocenters. The number of nitrogens with zero attached hydrogens (tertiary/aromatic N) is 1. The molecule has 1 fully saturated rings. The van der Waals surface area contributed by atoms with Crippen molar-refractivity contribution in [3.8, 4) is 0 Å². The maximum Gasteiger partial charge on any atom is 0.315 e. The summed E-state index contributed by atoms with van der Waals surface area (Å²) < 4.78 is 0. The molecule has 0 spiro atoms. The van der Waals surface area contributed by atoms with Crippen LogP contribution in [0.1, 0.15) is 12.0 Å². The molecule has 0 aromatic heterocycles. The second kappa shape index (κ2) is 7.64. The van der Waals surface area contributed by atoms with E-state index in [1.165, 1.54) is 0 Å². The van der Waals surface area contributed by atoms with Crippen LogP contribution in [-0.2, 0) is 11.3 Å². The van der Waals surface area contributed by atoms with E-state index in [9.17, 15) is 9.59 Å². The minimum atomic E-state index is -0.204. The molecule has 1 atom stereocenters. The van der Waals surface area contributed by atoms with Gasteiger partial charge in [-0.3, -0.25) is 4.79 Å². The first kappa shape index (κ1) is 16.1. The lowest BCUT2D eigenvalue weighted by Gasteiger charge is -2.17. The first-order valence-corrected chi connectivity index (χ1v) is 8.13. The Morgan fingerprint density at radius 1 is 1.00 bits per heavy atom. The monoisotopic (exact) mass is 323 g/mol. The summed E-state index contributed by atoms with van der Waals surface area (Å²) in [6.07, 6.45) is 0.466. The Bertz CT molecular complexity index is 688. The number of hydrogen-bond donors (Lipinski definition) is 2. The summed E-state index contributed by atoms with van der Waals surface area (Å²) >= 11 is 0. The maximum atomic E-state index is 12.1. The number of hydrogen-bond acceptors (Lipinski definition) is 2. The Morgan fingerprint density at radius 2 is 1.67 bits per heavy atom. The van der Waals surface area contributed by atoms with E-state index in [0.29, 0.717) is 26.1 Å². The van der Waals surface area contributed by atoms with Crippen molar-refractivity contribution in [1.82, 2.24) is 10.6 Å². The second-order valence-electron chi connectivity index (χ2n) is 5.96. The van der Waals surface area contributed by atoms with E-state index in [4.69, 9.17) is 0 Å². The predicted molar refractivity (Wildman–Crippen MR) is 93.6 cm³/mol. The minimum Gasteiger partial charge on any atom is -0.338 e. The van der Waals surface area contributed by atoms with Crippen LogP contribution in [0.2, 0.25) is 0 Å². The summed E-state index contributed by atoms with van der Waals surface area (Å²) in [5.74, 6) is 0.248. The molecular formula is C19H21N3O2. The van der Waals surface area contributed by atoms with Crippen LogP contribution in [0.5, 0.6) is 0 Å². The van der Waals surface area contributed by atoms with Gasteiger partial charge < -0.3 is 15.5 Å². The fourth-order valence-electron chi connectivity index (χ4n) is 2.85. The van der Waals surface area contributed by atoms with Crippen LogP contribution < -0.4 is 15.5 Å². The minimum absolute atomic E-state index is 0.109. The van der Waals surface area contributed by atoms with Crippen molar-refractivity contribution in [3.05, 3.63) is 66.2 Å². The van der Waals surface area contributed by atoms with E-state index in [1.807, 2.05) is 60.7 Å². The Labute approximate surface area is 141 Å². The third kappa shape index (κ3) is 4.13. The van der Waals surface area contributed by atoms with Crippen LogP contribution >= 0.6 is 0 Å². The van der Waals surface area contributed by atoms with Gasteiger partial charge in [0.1, 0.15) is 0 Å². The highest BCUT2D eigenvalue weighted by Gasteiger charge is 2.30. The lowest BCUT2D eigenvalue weighted by atomic mass is 10.1. The SMILES string of the molecule is O=C(NCc1ccccc1)NCC1CC(=O)N(c2ccccc2)C1. The van der Waals surface area contributed by atoms with Crippen molar-refractivity contribution in [2.75, 3.05) is 18.0 Å². The summed E-state index contributed by atoms with van der Waals surface area (Å²) in [6.45, 7) is 1.63. The third-order valence-corrected chi connectivity index (χ3v) is 4.12. The van der Waals surface area contributed by atoms with Crippen molar-refractivity contribution < 1.29 is 9.59 Å². The fraction of sp³-hybridized carbons (Fsp3) is 0.263. The summed E-state index contributed by atoms with van der Waals surface area (Å²) in [6, 6.07) is 19.2. The van der Waals surface area contributed by atoms with Gasteiger partial charge in [0.15, 0.2) is 0 Å². The zero-order valence-corrected chi connectivity index (χ0v) is 13.4. The van der Waals surface area contributed by atoms with Crippen LogP contribution in [0.3, 0.4) is 0 Å². The van der Waals surface area contributed by atoms with Crippen molar-refractivity contribution in [3.63, 3.8) is 0 Å². The molecule has 124 valence electrons. The van der Waals surface area contributed by atoms with Gasteiger partial charge in [0.2, 0.25) is 5.91 Å². The lowest BCUT2D eigenvalue weighted by molar-refractivity contribution is -0.117. The van der Waals surface area contributed by atoms with E-state index in [-0.39, 0.29) is 17.9 Å². The summed E-state index contributed by atoms with van der Waals surface area (Å²) in [4.78, 5) is 25.8. The van der Waals surface area contributed by atoms with Gasteiger partial charge >= 0.3 is 6.03 Å². The Balaban J connectivity index is 1.44. The van der Waals surface area contributed by atoms with Crippen molar-refractivity contribution in [2.24, 2.45) is 5.92 Å². The smallest absolute Gasteiger partial charge is 0.315 e. The van der Waals surface area contributed by atoms with Crippen LogP contribution in [0.25, 0.3) is 0 Å². The summed E-state index contributed by atoms with van der Waals surface area (Å²) in [5, 5.41) is 5.69. The molecule has 1 saturated heterocycles. The van der Waals surface area contributed by atoms with E-state index >= 15 is 0 Å². The summed E-state index contributed by atoms with van der Waals surface area (Å²) in [7, 11) is 0. The Kier molecular flexibility index (Phi) is 5.11. The van der Waals surface area contributed by atoms with E-state index in [2.05, 4.69) is 10.6 Å². The molecule has 3 rings (SSSR count). The molecular weight excluding hydrogens is 302 g/mol. The van der Waals surface area contributed by atoms with Gasteiger partial charge in [-0.15, -0.1) is 0 Å². The Hall–Kier alpha value is -2.82. The van der Waals surface area contributed by atoms with Gasteiger partial charge in [0.05, 0.1) is 0 Å². The van der Waals surface area contributed by atoms with Crippen molar-refractivity contribution in [2.45, 2.75) is 13.0 Å². The number of amides is 3. The van der Waals surface area contributed by atoms with Gasteiger partial charge in [0.25, 0.3) is 0 Å². The molecule has 3 amide bonds. The molecule has 5 heteroatoms. The molecule has 1 heterocycles. The van der Waals surface area contributed by atoms with Crippen LogP contribution in [0.4, 0.5) is 10.5 Å². The molecule has 0 bridgehead atoms. The average molecular weight is 323 g/mol. The number of para-hydroxylation sites is 1. The Morgan fingerprint density at radius 3 is 2.38 bits per heavy atom. The average Bonchev–Trinajstić information content (AvgIpc) is 3.00. The first-order valence-electron chi connectivity index (χ1n) is 8.13. The van der Waals surface area contributed by atoms with Crippen molar-refractivity contribution >= 4 is 17.6 Å². The van der Waals surface area contributed by atoms with Gasteiger partial charge in [-0.25, -0.2) is 4.79 Å². The highest BCUT2D eigenvalue weighted by atomic mass is 16.2. The molecule has 0 saturated carbocycles. The normalized spacial score (nSPS) is 16.9. The molecule has 0 radical (unpaired) electrons. The zero-order valence-electron chi connectivity index (χ0n) is 13.4. The van der Waals surface area contributed by atoms with E-state index < -0.39 is 0 Å². The number of carbonyl (C=O) groups excluding carboxylic acids is 2. The molecule has 1 aliphatic rings. The fourth-order valence-corrected chi connectivity index (χ4v) is 2.85. The molecule has 2 aromatic rings. The molecule has 5 nitrogen and oxygen atoms in total. The number of carbonyl (C=O) groups is 2. The number of anilines is 1. The topological polar surface area (TPSA) is 61.4 Å². The summed E-state index contributed by atoms with van der Waals surface area (Å²) in [5.41, 5.74) is 1.97. The zero-order chi connectivity index (χ0) is 16.8. The largest absolute Gasteiger partial charge is 0.338 e. The molecule has 24 heavy (non-hydrogen) atoms. The number of nitrogens with one attached hydrogen (secondary N) is 2. The standard InChI is InChI=1S/C19H21N3O2/c23-18-11-16(14-22(18)17-9-5-2-6-10-17)13-21-19(24)20-12-15-7-3-1-4-8-15/h1-10,16H,11-14H2,(H2,20,21,24). The van der Waals surface area contributed by atoms with Gasteiger partial charge in [-0.05, 0) is 17.7 Å². The van der Waals surface area contributed by atoms with Gasteiger partial charge in [-0.1, -0.05) is 48.5 Å². The molecule has 1 aliphatic heterocycles. The van der Waals surface area contributed by atoms with Crippen LogP contribution in [-0.4, -0.2) is 25.0 Å². The van der Waals surface area contributed by atoms with E-state index in [1.54, 1.807) is 4.90 Å². The van der Waals surface area contributed by atoms with Gasteiger partial charge in [-0.2, -0.15) is 0 Å². The number of urea groups is 1. The number of rotatable bonds is 5. The van der Waals surface area contributed by atoms with Gasteiger partial charge in [0, 0.05) is 37.7 Å². The quantitative estimate of drug-likeness (QED) is 0.888. The van der Waals surface area contributed by atoms with Crippen molar-refractivity contribution in [1.29, 1.82) is 0 Å². The maximum absolute atomic E-state index is 12.1. The molecule has 2 N–H and O–H groups in total. The number of benzene rings is 2. The van der Waals surface area contributed by atoms with Crippen LogP contribution in [0.15, 0.2) is 60.7 Å². The highest BCUT2D eigenvalue weighted by molar-refractivity contribution is 5.95. The highest BCUT2D eigenvalue weighted by Crippen LogP contribution is 2.24. The lowest BCUT2D eigenvalue weighted by Crippen LogP contribution is -2.38. The predicted octanol–water partition coefficient (Wildman–Crippen LogP) is 2.54. The second-order valence-corrected chi connectivity index (χ2v) is 5.96. The van der Waals surface area contributed by atoms with E-state index in [0.717, 1.165) is 11.3 Å². The first-order chi connectivity index (χ1) is 11.7. The molecule has 0 aliphatic carbocycles. The third-order valence-electron chi connectivity index (χ3n) is 4.12. The molecule has 2 aromatic carbocycles. The van der Waals surface area contributed by atoms with Crippen LogP contribution in [0, 0.1) is 5.92 Å².